The van der Waals surface area contributed by atoms with Crippen LogP contribution in [0.2, 0.25) is 0 Å². The normalized spacial score (nSPS) is 10.4. The third kappa shape index (κ3) is 2.49. The predicted octanol–water partition coefficient (Wildman–Crippen LogP) is 1.83. The number of aryl methyl sites for hydroxylation is 1. The van der Waals surface area contributed by atoms with Gasteiger partial charge in [-0.1, -0.05) is 6.07 Å². The largest absolute Gasteiger partial charge is 0.384 e. The first-order valence-electron chi connectivity index (χ1n) is 5.75. The molecule has 0 saturated heterocycles. The van der Waals surface area contributed by atoms with E-state index in [1.165, 1.54) is 6.07 Å². The number of benzene rings is 1. The average molecular weight is 261 g/mol. The molecule has 0 spiro atoms. The van der Waals surface area contributed by atoms with E-state index in [4.69, 9.17) is 5.73 Å². The molecule has 0 amide bonds. The Hall–Kier alpha value is -2.57. The van der Waals surface area contributed by atoms with Gasteiger partial charge in [-0.2, -0.15) is 5.10 Å². The molecule has 1 aromatic carbocycles. The molecule has 100 valence electrons. The van der Waals surface area contributed by atoms with Gasteiger partial charge in [0.15, 0.2) is 0 Å². The number of anilines is 2. The Morgan fingerprint density at radius 3 is 2.84 bits per heavy atom. The number of nitro benzene ring substituents is 1. The molecule has 0 aliphatic heterocycles. The van der Waals surface area contributed by atoms with Crippen LogP contribution in [0.4, 0.5) is 17.2 Å². The molecular weight excluding hydrogens is 246 g/mol. The monoisotopic (exact) mass is 261 g/mol. The van der Waals surface area contributed by atoms with Gasteiger partial charge in [-0.15, -0.1) is 0 Å². The summed E-state index contributed by atoms with van der Waals surface area (Å²) in [7, 11) is 1.76. The van der Waals surface area contributed by atoms with Crippen molar-refractivity contribution < 1.29 is 4.92 Å². The Morgan fingerprint density at radius 1 is 1.53 bits per heavy atom. The van der Waals surface area contributed by atoms with Crippen molar-refractivity contribution in [1.29, 1.82) is 0 Å². The number of nitrogen functional groups attached to an aromatic ring is 1. The van der Waals surface area contributed by atoms with E-state index in [2.05, 4.69) is 10.4 Å². The lowest BCUT2D eigenvalue weighted by Gasteiger charge is -2.09. The van der Waals surface area contributed by atoms with Crippen LogP contribution >= 0.6 is 0 Å². The summed E-state index contributed by atoms with van der Waals surface area (Å²) < 4.78 is 1.58. The van der Waals surface area contributed by atoms with E-state index in [9.17, 15) is 10.1 Å². The van der Waals surface area contributed by atoms with Gasteiger partial charge in [0, 0.05) is 36.5 Å². The van der Waals surface area contributed by atoms with Gasteiger partial charge >= 0.3 is 0 Å². The van der Waals surface area contributed by atoms with Gasteiger partial charge in [0.1, 0.15) is 5.82 Å². The highest BCUT2D eigenvalue weighted by atomic mass is 16.6. The molecule has 0 bridgehead atoms. The van der Waals surface area contributed by atoms with Crippen LogP contribution in [0.3, 0.4) is 0 Å². The number of nitrogens with two attached hydrogens (primary N) is 1. The second kappa shape index (κ2) is 4.97. The maximum atomic E-state index is 10.9. The molecule has 7 nitrogen and oxygen atoms in total. The summed E-state index contributed by atoms with van der Waals surface area (Å²) in [6.45, 7) is 2.19. The van der Waals surface area contributed by atoms with Crippen molar-refractivity contribution in [3.8, 4) is 0 Å². The topological polar surface area (TPSA) is 99.0 Å². The van der Waals surface area contributed by atoms with E-state index < -0.39 is 0 Å². The van der Waals surface area contributed by atoms with E-state index >= 15 is 0 Å². The van der Waals surface area contributed by atoms with Crippen molar-refractivity contribution in [2.24, 2.45) is 7.05 Å². The van der Waals surface area contributed by atoms with Crippen LogP contribution in [0.1, 0.15) is 11.1 Å². The van der Waals surface area contributed by atoms with Gasteiger partial charge in [-0.3, -0.25) is 14.8 Å². The smallest absolute Gasteiger partial charge is 0.274 e. The highest BCUT2D eigenvalue weighted by molar-refractivity contribution is 5.60. The van der Waals surface area contributed by atoms with Crippen molar-refractivity contribution in [2.45, 2.75) is 13.5 Å². The fourth-order valence-electron chi connectivity index (χ4n) is 1.83. The van der Waals surface area contributed by atoms with Crippen LogP contribution in [0.5, 0.6) is 0 Å². The van der Waals surface area contributed by atoms with Crippen molar-refractivity contribution in [2.75, 3.05) is 11.1 Å². The molecule has 0 unspecified atom stereocenters. The van der Waals surface area contributed by atoms with Crippen molar-refractivity contribution in [3.63, 3.8) is 0 Å². The fraction of sp³-hybridized carbons (Fsp3) is 0.250. The molecule has 2 rings (SSSR count). The minimum absolute atomic E-state index is 0.101. The SMILES string of the molecule is Cc1c(NCc2cnn(C)c2N)cccc1[N+](=O)[O-]. The first kappa shape index (κ1) is 12.9. The van der Waals surface area contributed by atoms with E-state index in [0.29, 0.717) is 17.9 Å². The number of hydrogen-bond donors (Lipinski definition) is 2. The van der Waals surface area contributed by atoms with Crippen LogP contribution < -0.4 is 11.1 Å². The number of rotatable bonds is 4. The van der Waals surface area contributed by atoms with Gasteiger partial charge in [-0.25, -0.2) is 0 Å². The second-order valence-electron chi connectivity index (χ2n) is 4.24. The van der Waals surface area contributed by atoms with E-state index in [-0.39, 0.29) is 10.6 Å². The van der Waals surface area contributed by atoms with E-state index in [1.54, 1.807) is 37.0 Å². The zero-order chi connectivity index (χ0) is 14.0. The molecule has 2 aromatic rings. The van der Waals surface area contributed by atoms with Gasteiger partial charge in [0.25, 0.3) is 5.69 Å². The van der Waals surface area contributed by atoms with Crippen LogP contribution in [0, 0.1) is 17.0 Å². The quantitative estimate of drug-likeness (QED) is 0.646. The number of aromatic nitrogens is 2. The lowest BCUT2D eigenvalue weighted by atomic mass is 10.1. The molecule has 1 heterocycles. The Bertz CT molecular complexity index is 621. The molecular formula is C12H15N5O2. The highest BCUT2D eigenvalue weighted by Crippen LogP contribution is 2.25. The molecule has 0 saturated carbocycles. The Kier molecular flexibility index (Phi) is 3.37. The van der Waals surface area contributed by atoms with Crippen molar-refractivity contribution >= 4 is 17.2 Å². The minimum Gasteiger partial charge on any atom is -0.384 e. The lowest BCUT2D eigenvalue weighted by Crippen LogP contribution is -2.05. The van der Waals surface area contributed by atoms with Gasteiger partial charge < -0.3 is 11.1 Å². The number of nitrogens with zero attached hydrogens (tertiary/aromatic N) is 3. The zero-order valence-corrected chi connectivity index (χ0v) is 10.8. The molecule has 0 radical (unpaired) electrons. The first-order chi connectivity index (χ1) is 9.00. The summed E-state index contributed by atoms with van der Waals surface area (Å²) >= 11 is 0. The highest BCUT2D eigenvalue weighted by Gasteiger charge is 2.13. The lowest BCUT2D eigenvalue weighted by molar-refractivity contribution is -0.385. The van der Waals surface area contributed by atoms with Crippen molar-refractivity contribution in [3.05, 3.63) is 45.6 Å². The zero-order valence-electron chi connectivity index (χ0n) is 10.8. The summed E-state index contributed by atoms with van der Waals surface area (Å²) in [6.07, 6.45) is 1.68. The summed E-state index contributed by atoms with van der Waals surface area (Å²) in [5, 5.41) is 18.0. The molecule has 3 N–H and O–H groups in total. The van der Waals surface area contributed by atoms with Crippen molar-refractivity contribution in [1.82, 2.24) is 9.78 Å². The minimum atomic E-state index is -0.390. The molecule has 0 aliphatic carbocycles. The van der Waals surface area contributed by atoms with Gasteiger partial charge in [0.05, 0.1) is 11.1 Å². The van der Waals surface area contributed by atoms with Crippen LogP contribution in [-0.4, -0.2) is 14.7 Å². The maximum absolute atomic E-state index is 10.9. The molecule has 0 atom stereocenters. The van der Waals surface area contributed by atoms with Gasteiger partial charge in [0.2, 0.25) is 0 Å². The molecule has 0 fully saturated rings. The molecule has 1 aromatic heterocycles. The molecule has 0 aliphatic rings. The Labute approximate surface area is 110 Å². The summed E-state index contributed by atoms with van der Waals surface area (Å²) in [4.78, 5) is 10.5. The average Bonchev–Trinajstić information content (AvgIpc) is 2.68. The Morgan fingerprint density at radius 2 is 2.26 bits per heavy atom. The Balaban J connectivity index is 2.18. The second-order valence-corrected chi connectivity index (χ2v) is 4.24. The summed E-state index contributed by atoms with van der Waals surface area (Å²) in [5.41, 5.74) is 8.12. The van der Waals surface area contributed by atoms with Crippen LogP contribution in [0.25, 0.3) is 0 Å². The van der Waals surface area contributed by atoms with Crippen LogP contribution in [0.15, 0.2) is 24.4 Å². The fourth-order valence-corrected chi connectivity index (χ4v) is 1.83. The van der Waals surface area contributed by atoms with E-state index in [0.717, 1.165) is 11.3 Å². The molecule has 7 heteroatoms. The third-order valence-corrected chi connectivity index (χ3v) is 3.04. The predicted molar refractivity (Wildman–Crippen MR) is 72.8 cm³/mol. The van der Waals surface area contributed by atoms with Gasteiger partial charge in [-0.05, 0) is 13.0 Å². The summed E-state index contributed by atoms with van der Waals surface area (Å²) in [5.74, 6) is 0.579. The number of nitrogens with one attached hydrogen (secondary N) is 1. The third-order valence-electron chi connectivity index (χ3n) is 3.04. The molecule has 19 heavy (non-hydrogen) atoms. The van der Waals surface area contributed by atoms with Crippen LogP contribution in [-0.2, 0) is 13.6 Å². The number of nitro groups is 1. The maximum Gasteiger partial charge on any atom is 0.274 e. The van der Waals surface area contributed by atoms with E-state index in [1.807, 2.05) is 0 Å². The first-order valence-corrected chi connectivity index (χ1v) is 5.75. The standard InChI is InChI=1S/C12H15N5O2/c1-8-10(4-3-5-11(8)17(18)19)14-6-9-7-15-16(2)12(9)13/h3-5,7,14H,6,13H2,1-2H3. The summed E-state index contributed by atoms with van der Waals surface area (Å²) in [6, 6.07) is 4.94. The number of hydrogen-bond acceptors (Lipinski definition) is 5.